The van der Waals surface area contributed by atoms with Gasteiger partial charge in [-0.05, 0) is 52.8 Å². The molecule has 0 saturated carbocycles. The quantitative estimate of drug-likeness (QED) is 0.601. The molecule has 0 amide bonds. The maximum absolute atomic E-state index is 11.5. The van der Waals surface area contributed by atoms with Crippen LogP contribution in [0.3, 0.4) is 0 Å². The minimum atomic E-state index is 0.165. The van der Waals surface area contributed by atoms with Crippen molar-refractivity contribution in [3.63, 3.8) is 0 Å². The number of fused-ring (bicyclic) bond motifs is 1. The lowest BCUT2D eigenvalue weighted by Gasteiger charge is -2.44. The summed E-state index contributed by atoms with van der Waals surface area (Å²) in [6, 6.07) is 12.7. The van der Waals surface area contributed by atoms with Crippen LogP contribution < -0.4 is 0 Å². The van der Waals surface area contributed by atoms with Crippen molar-refractivity contribution in [2.75, 3.05) is 0 Å². The van der Waals surface area contributed by atoms with Gasteiger partial charge in [0.25, 0.3) is 0 Å². The van der Waals surface area contributed by atoms with Crippen molar-refractivity contribution in [2.24, 2.45) is 0 Å². The molecule has 3 rings (SSSR count). The Morgan fingerprint density at radius 2 is 1.60 bits per heavy atom. The number of carbonyl (C=O) groups is 1. The second kappa shape index (κ2) is 6.12. The van der Waals surface area contributed by atoms with Gasteiger partial charge < -0.3 is 0 Å². The van der Waals surface area contributed by atoms with Crippen LogP contribution in [-0.2, 0) is 10.8 Å². The van der Waals surface area contributed by atoms with E-state index in [4.69, 9.17) is 0 Å². The van der Waals surface area contributed by atoms with Crippen molar-refractivity contribution >= 4 is 6.29 Å². The molecule has 0 spiro atoms. The van der Waals surface area contributed by atoms with Gasteiger partial charge in [0.05, 0.1) is 0 Å². The van der Waals surface area contributed by atoms with Crippen molar-refractivity contribution in [2.45, 2.75) is 71.1 Å². The topological polar surface area (TPSA) is 17.1 Å². The molecular weight excluding hydrogens is 304 g/mol. The minimum Gasteiger partial charge on any atom is -0.298 e. The van der Waals surface area contributed by atoms with Gasteiger partial charge in [0, 0.05) is 11.5 Å². The standard InChI is InChI=1S/C24H30O/c1-16-13-20(17(2)19-10-8-7-9-18(19)15-25)22-21(14-16)23(3,4)11-12-24(22,5)6/h7-10,13-15,17H,11-12H2,1-6H3. The Morgan fingerprint density at radius 1 is 0.960 bits per heavy atom. The average molecular weight is 335 g/mol. The lowest BCUT2D eigenvalue weighted by Crippen LogP contribution is -2.35. The summed E-state index contributed by atoms with van der Waals surface area (Å²) in [5.74, 6) is 0.211. The Hall–Kier alpha value is -1.89. The van der Waals surface area contributed by atoms with E-state index in [9.17, 15) is 4.79 Å². The highest BCUT2D eigenvalue weighted by atomic mass is 16.1. The number of rotatable bonds is 3. The molecule has 1 nitrogen and oxygen atoms in total. The number of hydrogen-bond donors (Lipinski definition) is 0. The highest BCUT2D eigenvalue weighted by molar-refractivity contribution is 5.78. The van der Waals surface area contributed by atoms with E-state index in [2.05, 4.69) is 59.7 Å². The second-order valence-corrected chi connectivity index (χ2v) is 9.01. The lowest BCUT2D eigenvalue weighted by molar-refractivity contribution is 0.112. The molecule has 0 bridgehead atoms. The summed E-state index contributed by atoms with van der Waals surface area (Å²) in [5.41, 5.74) is 8.00. The Labute approximate surface area is 152 Å². The fourth-order valence-electron chi connectivity index (χ4n) is 4.51. The first kappa shape index (κ1) is 17.9. The summed E-state index contributed by atoms with van der Waals surface area (Å²) in [7, 11) is 0. The van der Waals surface area contributed by atoms with E-state index >= 15 is 0 Å². The highest BCUT2D eigenvalue weighted by Crippen LogP contribution is 2.49. The summed E-state index contributed by atoms with van der Waals surface area (Å²) < 4.78 is 0. The largest absolute Gasteiger partial charge is 0.298 e. The Morgan fingerprint density at radius 3 is 2.28 bits per heavy atom. The van der Waals surface area contributed by atoms with E-state index in [1.165, 1.54) is 35.1 Å². The van der Waals surface area contributed by atoms with Crippen molar-refractivity contribution in [1.29, 1.82) is 0 Å². The fourth-order valence-corrected chi connectivity index (χ4v) is 4.51. The van der Waals surface area contributed by atoms with Crippen LogP contribution in [-0.4, -0.2) is 6.29 Å². The molecule has 1 aliphatic rings. The van der Waals surface area contributed by atoms with E-state index in [0.717, 1.165) is 17.4 Å². The minimum absolute atomic E-state index is 0.165. The zero-order valence-corrected chi connectivity index (χ0v) is 16.4. The molecule has 0 aromatic heterocycles. The van der Waals surface area contributed by atoms with Crippen molar-refractivity contribution in [3.05, 3.63) is 69.8 Å². The van der Waals surface area contributed by atoms with E-state index in [1.807, 2.05) is 18.2 Å². The first-order valence-corrected chi connectivity index (χ1v) is 9.37. The SMILES string of the molecule is Cc1cc(C(C)c2ccccc2C=O)c2c(c1)C(C)(C)CCC2(C)C. The fraction of sp³-hybridized carbons (Fsp3) is 0.458. The predicted octanol–water partition coefficient (Wildman–Crippen LogP) is 6.31. The number of aldehydes is 1. The molecule has 0 N–H and O–H groups in total. The summed E-state index contributed by atoms with van der Waals surface area (Å²) in [4.78, 5) is 11.5. The van der Waals surface area contributed by atoms with Crippen molar-refractivity contribution in [1.82, 2.24) is 0 Å². The van der Waals surface area contributed by atoms with Crippen LogP contribution in [0.1, 0.15) is 91.6 Å². The molecule has 25 heavy (non-hydrogen) atoms. The highest BCUT2D eigenvalue weighted by Gasteiger charge is 2.39. The molecule has 0 heterocycles. The molecule has 0 radical (unpaired) electrons. The van der Waals surface area contributed by atoms with Crippen LogP contribution in [0, 0.1) is 6.92 Å². The van der Waals surface area contributed by atoms with Gasteiger partial charge in [0.15, 0.2) is 0 Å². The van der Waals surface area contributed by atoms with Gasteiger partial charge in [0.1, 0.15) is 6.29 Å². The summed E-state index contributed by atoms with van der Waals surface area (Å²) in [6.45, 7) is 13.9. The van der Waals surface area contributed by atoms with Gasteiger partial charge in [-0.3, -0.25) is 4.79 Å². The first-order chi connectivity index (χ1) is 11.7. The van der Waals surface area contributed by atoms with Gasteiger partial charge in [-0.25, -0.2) is 0 Å². The Balaban J connectivity index is 2.27. The van der Waals surface area contributed by atoms with Gasteiger partial charge >= 0.3 is 0 Å². The first-order valence-electron chi connectivity index (χ1n) is 9.37. The van der Waals surface area contributed by atoms with E-state index in [1.54, 1.807) is 0 Å². The average Bonchev–Trinajstić information content (AvgIpc) is 2.57. The molecule has 132 valence electrons. The van der Waals surface area contributed by atoms with Crippen LogP contribution in [0.4, 0.5) is 0 Å². The van der Waals surface area contributed by atoms with Gasteiger partial charge in [-0.2, -0.15) is 0 Å². The lowest BCUT2D eigenvalue weighted by atomic mass is 9.60. The number of aryl methyl sites for hydroxylation is 1. The van der Waals surface area contributed by atoms with E-state index in [-0.39, 0.29) is 16.7 Å². The zero-order valence-electron chi connectivity index (χ0n) is 16.4. The molecular formula is C24H30O. The molecule has 1 heteroatoms. The van der Waals surface area contributed by atoms with Gasteiger partial charge in [0.2, 0.25) is 0 Å². The van der Waals surface area contributed by atoms with Gasteiger partial charge in [-0.1, -0.05) is 76.6 Å². The van der Waals surface area contributed by atoms with Crippen LogP contribution in [0.15, 0.2) is 36.4 Å². The van der Waals surface area contributed by atoms with Crippen LogP contribution in [0.2, 0.25) is 0 Å². The maximum Gasteiger partial charge on any atom is 0.150 e. The third kappa shape index (κ3) is 3.05. The Bertz CT molecular complexity index is 811. The van der Waals surface area contributed by atoms with Crippen molar-refractivity contribution in [3.8, 4) is 0 Å². The Kier molecular flexibility index (Phi) is 4.39. The van der Waals surface area contributed by atoms with Crippen LogP contribution in [0.25, 0.3) is 0 Å². The van der Waals surface area contributed by atoms with Crippen LogP contribution in [0.5, 0.6) is 0 Å². The third-order valence-electron chi connectivity index (χ3n) is 6.15. The predicted molar refractivity (Wildman–Crippen MR) is 106 cm³/mol. The molecule has 2 aromatic rings. The van der Waals surface area contributed by atoms with Crippen LogP contribution >= 0.6 is 0 Å². The molecule has 1 unspecified atom stereocenters. The van der Waals surface area contributed by atoms with E-state index in [0.29, 0.717) is 0 Å². The van der Waals surface area contributed by atoms with E-state index < -0.39 is 0 Å². The zero-order chi connectivity index (χ0) is 18.4. The van der Waals surface area contributed by atoms with Crippen molar-refractivity contribution < 1.29 is 4.79 Å². The van der Waals surface area contributed by atoms with Gasteiger partial charge in [-0.15, -0.1) is 0 Å². The smallest absolute Gasteiger partial charge is 0.150 e. The molecule has 0 aliphatic heterocycles. The summed E-state index contributed by atoms with van der Waals surface area (Å²) >= 11 is 0. The molecule has 1 atom stereocenters. The normalized spacial score (nSPS) is 19.1. The third-order valence-corrected chi connectivity index (χ3v) is 6.15. The number of carbonyl (C=O) groups excluding carboxylic acids is 1. The summed E-state index contributed by atoms with van der Waals surface area (Å²) in [6.07, 6.45) is 3.41. The summed E-state index contributed by atoms with van der Waals surface area (Å²) in [5, 5.41) is 0. The molecule has 0 saturated heterocycles. The molecule has 2 aromatic carbocycles. The maximum atomic E-state index is 11.5. The number of benzene rings is 2. The second-order valence-electron chi connectivity index (χ2n) is 9.01. The number of hydrogen-bond acceptors (Lipinski definition) is 1. The molecule has 1 aliphatic carbocycles. The monoisotopic (exact) mass is 334 g/mol. The molecule has 0 fully saturated rings.